The summed E-state index contributed by atoms with van der Waals surface area (Å²) in [6, 6.07) is 0. The Bertz CT molecular complexity index is 247. The van der Waals surface area contributed by atoms with Crippen molar-refractivity contribution in [3.05, 3.63) is 0 Å². The number of thiocarbonyl (C=S) groups is 1. The monoisotopic (exact) mass is 158 g/mol. The molecule has 0 aromatic rings. The van der Waals surface area contributed by atoms with Crippen LogP contribution in [0.2, 0.25) is 0 Å². The molecule has 10 heavy (non-hydrogen) atoms. The molecule has 7 heteroatoms. The fourth-order valence-electron chi connectivity index (χ4n) is 0.369. The molecule has 1 heterocycles. The Balaban J connectivity index is 3.00. The van der Waals surface area contributed by atoms with E-state index in [-0.39, 0.29) is 5.11 Å². The van der Waals surface area contributed by atoms with Gasteiger partial charge in [-0.15, -0.1) is 5.11 Å². The van der Waals surface area contributed by atoms with Crippen LogP contribution in [0.5, 0.6) is 0 Å². The molecule has 0 fully saturated rings. The smallest absolute Gasteiger partial charge is 0.261 e. The third-order valence-electron chi connectivity index (χ3n) is 0.834. The Morgan fingerprint density at radius 1 is 1.40 bits per heavy atom. The van der Waals surface area contributed by atoms with Gasteiger partial charge in [0.05, 0.1) is 0 Å². The van der Waals surface area contributed by atoms with Crippen LogP contribution >= 0.6 is 12.2 Å². The van der Waals surface area contributed by atoms with E-state index in [4.69, 9.17) is 5.84 Å². The molecule has 1 aliphatic heterocycles. The summed E-state index contributed by atoms with van der Waals surface area (Å²) in [6.07, 6.45) is 0. The van der Waals surface area contributed by atoms with Crippen molar-refractivity contribution >= 4 is 29.1 Å². The lowest BCUT2D eigenvalue weighted by molar-refractivity contribution is -0.142. The number of hydrazine groups is 1. The highest BCUT2D eigenvalue weighted by Gasteiger charge is 2.26. The molecule has 0 aromatic carbocycles. The number of azo groups is 1. The fourth-order valence-corrected chi connectivity index (χ4v) is 0.493. The van der Waals surface area contributed by atoms with E-state index in [1.807, 2.05) is 0 Å². The highest BCUT2D eigenvalue weighted by molar-refractivity contribution is 7.80. The van der Waals surface area contributed by atoms with Crippen LogP contribution in [0.15, 0.2) is 10.2 Å². The van der Waals surface area contributed by atoms with E-state index in [1.165, 1.54) is 0 Å². The normalized spacial score (nSPS) is 18.5. The Morgan fingerprint density at radius 2 is 2.00 bits per heavy atom. The Morgan fingerprint density at radius 3 is 2.50 bits per heavy atom. The van der Waals surface area contributed by atoms with Gasteiger partial charge in [0.15, 0.2) is 0 Å². The minimum absolute atomic E-state index is 0.204. The Hall–Kier alpha value is -1.21. The van der Waals surface area contributed by atoms with Crippen LogP contribution in [0.4, 0.5) is 0 Å². The number of rotatable bonds is 0. The van der Waals surface area contributed by atoms with E-state index in [0.717, 1.165) is 0 Å². The average Bonchev–Trinajstić information content (AvgIpc) is 1.93. The van der Waals surface area contributed by atoms with Crippen molar-refractivity contribution in [3.63, 3.8) is 0 Å². The first-order valence-electron chi connectivity index (χ1n) is 2.21. The number of hydrogen-bond acceptors (Lipinski definition) is 4. The molecule has 0 saturated carbocycles. The molecule has 52 valence electrons. The molecule has 0 radical (unpaired) electrons. The minimum Gasteiger partial charge on any atom is -0.261 e. The maximum atomic E-state index is 10.5. The van der Waals surface area contributed by atoms with Gasteiger partial charge in [-0.2, -0.15) is 0 Å². The summed E-state index contributed by atoms with van der Waals surface area (Å²) in [7, 11) is 0. The maximum absolute atomic E-state index is 10.5. The van der Waals surface area contributed by atoms with Gasteiger partial charge in [-0.3, -0.25) is 9.59 Å². The zero-order valence-electron chi connectivity index (χ0n) is 4.64. The first kappa shape index (κ1) is 6.90. The van der Waals surface area contributed by atoms with Gasteiger partial charge in [-0.05, 0) is 12.2 Å². The SMILES string of the molecule is NN1C(=O)C(=O)N=NC1=S. The van der Waals surface area contributed by atoms with Crippen LogP contribution < -0.4 is 5.84 Å². The van der Waals surface area contributed by atoms with Crippen molar-refractivity contribution < 1.29 is 9.59 Å². The van der Waals surface area contributed by atoms with E-state index < -0.39 is 11.8 Å². The van der Waals surface area contributed by atoms with Crippen molar-refractivity contribution in [3.8, 4) is 0 Å². The van der Waals surface area contributed by atoms with Crippen LogP contribution in [-0.4, -0.2) is 21.9 Å². The predicted octanol–water partition coefficient (Wildman–Crippen LogP) is -1.03. The molecular weight excluding hydrogens is 156 g/mol. The molecule has 0 saturated heterocycles. The molecule has 0 atom stereocenters. The zero-order valence-corrected chi connectivity index (χ0v) is 5.46. The second-order valence-electron chi connectivity index (χ2n) is 1.46. The lowest BCUT2D eigenvalue weighted by atomic mass is 10.5. The second-order valence-corrected chi connectivity index (χ2v) is 1.83. The average molecular weight is 158 g/mol. The van der Waals surface area contributed by atoms with Gasteiger partial charge in [0.2, 0.25) is 5.11 Å². The topological polar surface area (TPSA) is 88.1 Å². The molecule has 0 aromatic heterocycles. The van der Waals surface area contributed by atoms with Crippen LogP contribution in [0.3, 0.4) is 0 Å². The van der Waals surface area contributed by atoms with Gasteiger partial charge in [0.1, 0.15) is 0 Å². The fraction of sp³-hybridized carbons (Fsp3) is 0. The van der Waals surface area contributed by atoms with Crippen LogP contribution in [0.1, 0.15) is 0 Å². The Kier molecular flexibility index (Phi) is 1.52. The van der Waals surface area contributed by atoms with Gasteiger partial charge >= 0.3 is 11.8 Å². The molecule has 2 N–H and O–H groups in total. The van der Waals surface area contributed by atoms with E-state index >= 15 is 0 Å². The van der Waals surface area contributed by atoms with Crippen molar-refractivity contribution in [1.29, 1.82) is 0 Å². The molecule has 1 aliphatic rings. The van der Waals surface area contributed by atoms with Crippen molar-refractivity contribution in [2.45, 2.75) is 0 Å². The third kappa shape index (κ3) is 0.913. The third-order valence-corrected chi connectivity index (χ3v) is 1.11. The predicted molar refractivity (Wildman–Crippen MR) is 33.5 cm³/mol. The van der Waals surface area contributed by atoms with E-state index in [2.05, 4.69) is 22.4 Å². The molecular formula is C3H2N4O2S. The van der Waals surface area contributed by atoms with Crippen LogP contribution in [0, 0.1) is 0 Å². The van der Waals surface area contributed by atoms with Crippen LogP contribution in [0.25, 0.3) is 0 Å². The first-order chi connectivity index (χ1) is 4.63. The lowest BCUT2D eigenvalue weighted by Gasteiger charge is -2.13. The van der Waals surface area contributed by atoms with E-state index in [0.29, 0.717) is 5.01 Å². The van der Waals surface area contributed by atoms with Crippen molar-refractivity contribution in [2.75, 3.05) is 0 Å². The number of carbonyl (C=O) groups excluding carboxylic acids is 2. The first-order valence-corrected chi connectivity index (χ1v) is 2.62. The molecule has 2 amide bonds. The lowest BCUT2D eigenvalue weighted by Crippen LogP contribution is -2.46. The Labute approximate surface area is 60.7 Å². The summed E-state index contributed by atoms with van der Waals surface area (Å²) < 4.78 is 0. The summed E-state index contributed by atoms with van der Waals surface area (Å²) in [5.41, 5.74) is 0. The zero-order chi connectivity index (χ0) is 7.72. The second kappa shape index (κ2) is 2.20. The molecule has 1 rings (SSSR count). The largest absolute Gasteiger partial charge is 0.355 e. The van der Waals surface area contributed by atoms with Gasteiger partial charge in [0.25, 0.3) is 0 Å². The minimum atomic E-state index is -1.00. The van der Waals surface area contributed by atoms with Gasteiger partial charge in [-0.1, -0.05) is 5.11 Å². The highest BCUT2D eigenvalue weighted by atomic mass is 32.1. The standard InChI is InChI=1S/C3H2N4O2S/c4-7-2(9)1(8)5-6-3(7)10/h4H2. The van der Waals surface area contributed by atoms with E-state index in [9.17, 15) is 9.59 Å². The molecule has 0 bridgehead atoms. The number of amides is 2. The molecule has 0 aliphatic carbocycles. The maximum Gasteiger partial charge on any atom is 0.355 e. The summed E-state index contributed by atoms with van der Waals surface area (Å²) in [4.78, 5) is 20.9. The van der Waals surface area contributed by atoms with Crippen LogP contribution in [-0.2, 0) is 9.59 Å². The molecule has 0 unspecified atom stereocenters. The number of hydrogen-bond donors (Lipinski definition) is 1. The number of nitrogens with zero attached hydrogens (tertiary/aromatic N) is 3. The number of carbonyl (C=O) groups is 2. The summed E-state index contributed by atoms with van der Waals surface area (Å²) >= 11 is 4.43. The van der Waals surface area contributed by atoms with Gasteiger partial charge in [-0.25, -0.2) is 10.9 Å². The molecule has 6 nitrogen and oxygen atoms in total. The summed E-state index contributed by atoms with van der Waals surface area (Å²) in [5, 5.41) is 6.32. The highest BCUT2D eigenvalue weighted by Crippen LogP contribution is 1.98. The van der Waals surface area contributed by atoms with Crippen molar-refractivity contribution in [1.82, 2.24) is 5.01 Å². The molecule has 0 spiro atoms. The summed E-state index contributed by atoms with van der Waals surface area (Å²) in [6.45, 7) is 0. The quantitative estimate of drug-likeness (QED) is 0.211. The van der Waals surface area contributed by atoms with Gasteiger partial charge < -0.3 is 0 Å². The number of nitrogens with two attached hydrogens (primary N) is 1. The van der Waals surface area contributed by atoms with E-state index in [1.54, 1.807) is 0 Å². The van der Waals surface area contributed by atoms with Gasteiger partial charge in [0, 0.05) is 0 Å². The summed E-state index contributed by atoms with van der Waals surface area (Å²) in [5.74, 6) is 3.02. The van der Waals surface area contributed by atoms with Crippen molar-refractivity contribution in [2.24, 2.45) is 16.1 Å².